The molecular weight excluding hydrogens is 300 g/mol. The summed E-state index contributed by atoms with van der Waals surface area (Å²) in [6.07, 6.45) is 2.27. The van der Waals surface area contributed by atoms with Gasteiger partial charge in [-0.3, -0.25) is 0 Å². The highest BCUT2D eigenvalue weighted by Gasteiger charge is 2.17. The van der Waals surface area contributed by atoms with Gasteiger partial charge in [-0.25, -0.2) is 0 Å². The number of halogens is 1. The van der Waals surface area contributed by atoms with Crippen LogP contribution in [0, 0.1) is 0 Å². The summed E-state index contributed by atoms with van der Waals surface area (Å²) >= 11 is 3.56. The smallest absolute Gasteiger partial charge is 0.122 e. The number of hydrogen-bond donors (Lipinski definition) is 0. The Morgan fingerprint density at radius 1 is 1.11 bits per heavy atom. The second-order valence-electron chi connectivity index (χ2n) is 4.64. The number of rotatable bonds is 5. The summed E-state index contributed by atoms with van der Waals surface area (Å²) < 4.78 is 6.63. The topological polar surface area (TPSA) is 9.23 Å². The van der Waals surface area contributed by atoms with Crippen molar-refractivity contribution in [2.45, 2.75) is 25.7 Å². The average molecular weight is 319 g/mol. The largest absolute Gasteiger partial charge is 0.496 e. The Morgan fingerprint density at radius 2 is 1.84 bits per heavy atom. The molecule has 0 aliphatic rings. The molecule has 0 aliphatic carbocycles. The van der Waals surface area contributed by atoms with E-state index in [1.807, 2.05) is 12.1 Å². The van der Waals surface area contributed by atoms with E-state index in [9.17, 15) is 0 Å². The summed E-state index contributed by atoms with van der Waals surface area (Å²) in [4.78, 5) is 0. The van der Waals surface area contributed by atoms with Gasteiger partial charge in [-0.05, 0) is 30.2 Å². The van der Waals surface area contributed by atoms with Crippen molar-refractivity contribution in [3.63, 3.8) is 0 Å². The third kappa shape index (κ3) is 3.38. The summed E-state index contributed by atoms with van der Waals surface area (Å²) in [5.74, 6) is 1.35. The van der Waals surface area contributed by atoms with E-state index in [0.717, 1.165) is 23.1 Å². The third-order valence-electron chi connectivity index (χ3n) is 3.35. The van der Waals surface area contributed by atoms with Crippen LogP contribution in [0.5, 0.6) is 5.75 Å². The predicted octanol–water partition coefficient (Wildman–Crippen LogP) is 5.39. The van der Waals surface area contributed by atoms with Crippen molar-refractivity contribution in [3.8, 4) is 5.75 Å². The molecule has 0 spiro atoms. The fourth-order valence-corrected chi connectivity index (χ4v) is 2.83. The molecule has 0 aliphatic heterocycles. The van der Waals surface area contributed by atoms with Gasteiger partial charge in [0.05, 0.1) is 7.11 Å². The van der Waals surface area contributed by atoms with E-state index in [4.69, 9.17) is 4.74 Å². The minimum atomic E-state index is 0.388. The van der Waals surface area contributed by atoms with E-state index in [-0.39, 0.29) is 0 Å². The van der Waals surface area contributed by atoms with Gasteiger partial charge in [0.25, 0.3) is 0 Å². The van der Waals surface area contributed by atoms with E-state index >= 15 is 0 Å². The Morgan fingerprint density at radius 3 is 2.47 bits per heavy atom. The van der Waals surface area contributed by atoms with E-state index in [2.05, 4.69) is 59.3 Å². The maximum atomic E-state index is 5.53. The molecule has 2 aromatic carbocycles. The van der Waals surface area contributed by atoms with Crippen molar-refractivity contribution in [2.24, 2.45) is 0 Å². The molecule has 1 unspecified atom stereocenters. The normalized spacial score (nSPS) is 12.2. The summed E-state index contributed by atoms with van der Waals surface area (Å²) in [6, 6.07) is 16.9. The first kappa shape index (κ1) is 14.1. The highest BCUT2D eigenvalue weighted by Crippen LogP contribution is 2.36. The minimum Gasteiger partial charge on any atom is -0.496 e. The van der Waals surface area contributed by atoms with Crippen molar-refractivity contribution in [1.29, 1.82) is 0 Å². The molecule has 0 heterocycles. The monoisotopic (exact) mass is 318 g/mol. The van der Waals surface area contributed by atoms with Crippen LogP contribution in [0.15, 0.2) is 53.0 Å². The lowest BCUT2D eigenvalue weighted by atomic mass is 9.87. The molecule has 0 fully saturated rings. The third-order valence-corrected chi connectivity index (χ3v) is 3.84. The van der Waals surface area contributed by atoms with E-state index < -0.39 is 0 Å². The van der Waals surface area contributed by atoms with Gasteiger partial charge in [-0.2, -0.15) is 0 Å². The van der Waals surface area contributed by atoms with Gasteiger partial charge in [0.15, 0.2) is 0 Å². The molecule has 2 rings (SSSR count). The second kappa shape index (κ2) is 6.76. The number of benzene rings is 2. The fourth-order valence-electron chi connectivity index (χ4n) is 2.45. The van der Waals surface area contributed by atoms with Crippen molar-refractivity contribution in [2.75, 3.05) is 7.11 Å². The summed E-state index contributed by atoms with van der Waals surface area (Å²) in [6.45, 7) is 2.22. The van der Waals surface area contributed by atoms with Crippen LogP contribution in [-0.4, -0.2) is 7.11 Å². The van der Waals surface area contributed by atoms with Gasteiger partial charge in [-0.1, -0.05) is 59.6 Å². The zero-order valence-electron chi connectivity index (χ0n) is 11.4. The standard InChI is InChI=1S/C17H19BrO/c1-3-7-15(13-8-5-4-6-9-13)16-12-14(18)10-11-17(16)19-2/h4-6,8-12,15H,3,7H2,1-2H3. The van der Waals surface area contributed by atoms with Gasteiger partial charge in [0.1, 0.15) is 5.75 Å². The fraction of sp³-hybridized carbons (Fsp3) is 0.294. The van der Waals surface area contributed by atoms with Gasteiger partial charge < -0.3 is 4.74 Å². The van der Waals surface area contributed by atoms with Crippen molar-refractivity contribution in [1.82, 2.24) is 0 Å². The van der Waals surface area contributed by atoms with Crippen LogP contribution in [0.4, 0.5) is 0 Å². The molecule has 100 valence electrons. The average Bonchev–Trinajstić information content (AvgIpc) is 2.45. The summed E-state index contributed by atoms with van der Waals surface area (Å²) in [5.41, 5.74) is 2.60. The molecule has 1 atom stereocenters. The molecule has 1 nitrogen and oxygen atoms in total. The maximum Gasteiger partial charge on any atom is 0.122 e. The molecule has 2 heteroatoms. The molecule has 19 heavy (non-hydrogen) atoms. The van der Waals surface area contributed by atoms with Crippen molar-refractivity contribution < 1.29 is 4.74 Å². The Hall–Kier alpha value is -1.28. The van der Waals surface area contributed by atoms with Crippen LogP contribution in [0.2, 0.25) is 0 Å². The second-order valence-corrected chi connectivity index (χ2v) is 5.55. The van der Waals surface area contributed by atoms with E-state index in [0.29, 0.717) is 5.92 Å². The first-order valence-electron chi connectivity index (χ1n) is 6.64. The SMILES string of the molecule is CCCC(c1ccccc1)c1cc(Br)ccc1OC. The lowest BCUT2D eigenvalue weighted by molar-refractivity contribution is 0.406. The molecule has 0 saturated heterocycles. The highest BCUT2D eigenvalue weighted by molar-refractivity contribution is 9.10. The van der Waals surface area contributed by atoms with Gasteiger partial charge in [0.2, 0.25) is 0 Å². The molecular formula is C17H19BrO. The zero-order chi connectivity index (χ0) is 13.7. The van der Waals surface area contributed by atoms with Crippen LogP contribution >= 0.6 is 15.9 Å². The summed E-state index contributed by atoms with van der Waals surface area (Å²) in [5, 5.41) is 0. The van der Waals surface area contributed by atoms with E-state index in [1.165, 1.54) is 11.1 Å². The van der Waals surface area contributed by atoms with Crippen LogP contribution in [-0.2, 0) is 0 Å². The number of methoxy groups -OCH3 is 1. The Balaban J connectivity index is 2.47. The lowest BCUT2D eigenvalue weighted by Gasteiger charge is -2.20. The Bertz CT molecular complexity index is 522. The minimum absolute atomic E-state index is 0.388. The van der Waals surface area contributed by atoms with Crippen LogP contribution in [0.1, 0.15) is 36.8 Å². The number of ether oxygens (including phenoxy) is 1. The Kier molecular flexibility index (Phi) is 5.03. The maximum absolute atomic E-state index is 5.53. The first-order valence-corrected chi connectivity index (χ1v) is 7.44. The molecule has 2 aromatic rings. The molecule has 0 radical (unpaired) electrons. The molecule has 0 bridgehead atoms. The quantitative estimate of drug-likeness (QED) is 0.718. The van der Waals surface area contributed by atoms with Crippen LogP contribution in [0.25, 0.3) is 0 Å². The van der Waals surface area contributed by atoms with Gasteiger partial charge in [-0.15, -0.1) is 0 Å². The van der Waals surface area contributed by atoms with Crippen LogP contribution in [0.3, 0.4) is 0 Å². The van der Waals surface area contributed by atoms with Crippen LogP contribution < -0.4 is 4.74 Å². The first-order chi connectivity index (χ1) is 9.26. The zero-order valence-corrected chi connectivity index (χ0v) is 13.0. The highest BCUT2D eigenvalue weighted by atomic mass is 79.9. The lowest BCUT2D eigenvalue weighted by Crippen LogP contribution is -2.03. The summed E-state index contributed by atoms with van der Waals surface area (Å²) in [7, 11) is 1.74. The Labute approximate surface area is 123 Å². The number of hydrogen-bond acceptors (Lipinski definition) is 1. The van der Waals surface area contributed by atoms with E-state index in [1.54, 1.807) is 7.11 Å². The molecule has 0 amide bonds. The molecule has 0 saturated carbocycles. The molecule has 0 N–H and O–H groups in total. The van der Waals surface area contributed by atoms with Crippen molar-refractivity contribution in [3.05, 3.63) is 64.1 Å². The van der Waals surface area contributed by atoms with Gasteiger partial charge in [0, 0.05) is 16.0 Å². The van der Waals surface area contributed by atoms with Crippen molar-refractivity contribution >= 4 is 15.9 Å². The van der Waals surface area contributed by atoms with Gasteiger partial charge >= 0.3 is 0 Å². The predicted molar refractivity (Wildman–Crippen MR) is 83.9 cm³/mol. The molecule has 0 aromatic heterocycles.